The summed E-state index contributed by atoms with van der Waals surface area (Å²) in [6.45, 7) is 0.114. The third-order valence-corrected chi connectivity index (χ3v) is 4.48. The molecule has 1 aromatic heterocycles. The molecule has 1 aliphatic heterocycles. The van der Waals surface area contributed by atoms with E-state index in [1.54, 1.807) is 23.0 Å². The van der Waals surface area contributed by atoms with Crippen LogP contribution in [0.25, 0.3) is 10.9 Å². The molecular formula is C20H17FN4O3. The van der Waals surface area contributed by atoms with Crippen molar-refractivity contribution in [1.82, 2.24) is 14.7 Å². The van der Waals surface area contributed by atoms with E-state index in [1.165, 1.54) is 18.2 Å². The van der Waals surface area contributed by atoms with E-state index in [4.69, 9.17) is 5.11 Å². The van der Waals surface area contributed by atoms with Gasteiger partial charge in [0.05, 0.1) is 31.4 Å². The summed E-state index contributed by atoms with van der Waals surface area (Å²) in [5.41, 5.74) is 2.46. The first-order valence-corrected chi connectivity index (χ1v) is 8.70. The Kier molecular flexibility index (Phi) is 4.62. The van der Waals surface area contributed by atoms with E-state index in [0.717, 1.165) is 21.4 Å². The van der Waals surface area contributed by atoms with Gasteiger partial charge in [0.25, 0.3) is 11.8 Å². The molecule has 7 nitrogen and oxygen atoms in total. The molecule has 0 radical (unpaired) electrons. The van der Waals surface area contributed by atoms with Crippen LogP contribution >= 0.6 is 0 Å². The van der Waals surface area contributed by atoms with Gasteiger partial charge in [0, 0.05) is 17.1 Å². The molecule has 0 spiro atoms. The highest BCUT2D eigenvalue weighted by Gasteiger charge is 2.30. The first-order chi connectivity index (χ1) is 13.5. The SMILES string of the molecule is O=C1C=C(Nc2ccc3c(cnn3Cc3cccc(F)c3)c2)C(=O)N1CCO. The third kappa shape index (κ3) is 3.37. The largest absolute Gasteiger partial charge is 0.395 e. The number of halogens is 1. The summed E-state index contributed by atoms with van der Waals surface area (Å²) >= 11 is 0. The number of nitrogens with one attached hydrogen (secondary N) is 1. The number of anilines is 1. The van der Waals surface area contributed by atoms with E-state index in [2.05, 4.69) is 10.4 Å². The Morgan fingerprint density at radius 3 is 2.79 bits per heavy atom. The number of β-amino-alcohol motifs (C(OH)–C–C–N with tert-alkyl or cyclic N) is 1. The van der Waals surface area contributed by atoms with Crippen molar-refractivity contribution in [3.05, 3.63) is 71.8 Å². The maximum absolute atomic E-state index is 13.4. The minimum absolute atomic E-state index is 0.0365. The van der Waals surface area contributed by atoms with Crippen LogP contribution in [0.2, 0.25) is 0 Å². The van der Waals surface area contributed by atoms with Crippen LogP contribution in [0.3, 0.4) is 0 Å². The number of carbonyl (C=O) groups excluding carboxylic acids is 2. The number of carbonyl (C=O) groups is 2. The van der Waals surface area contributed by atoms with Crippen molar-refractivity contribution in [2.24, 2.45) is 0 Å². The number of hydrogen-bond acceptors (Lipinski definition) is 5. The number of benzene rings is 2. The van der Waals surface area contributed by atoms with Gasteiger partial charge >= 0.3 is 0 Å². The lowest BCUT2D eigenvalue weighted by Crippen LogP contribution is -2.34. The van der Waals surface area contributed by atoms with Crippen LogP contribution in [0.5, 0.6) is 0 Å². The number of aromatic nitrogens is 2. The van der Waals surface area contributed by atoms with Gasteiger partial charge in [-0.05, 0) is 35.9 Å². The van der Waals surface area contributed by atoms with Crippen molar-refractivity contribution >= 4 is 28.4 Å². The maximum atomic E-state index is 13.4. The second-order valence-corrected chi connectivity index (χ2v) is 6.41. The van der Waals surface area contributed by atoms with Gasteiger partial charge in [-0.15, -0.1) is 0 Å². The molecule has 0 unspecified atom stereocenters. The topological polar surface area (TPSA) is 87.5 Å². The fourth-order valence-electron chi connectivity index (χ4n) is 3.16. The summed E-state index contributed by atoms with van der Waals surface area (Å²) in [7, 11) is 0. The Labute approximate surface area is 159 Å². The van der Waals surface area contributed by atoms with Gasteiger partial charge in [0.2, 0.25) is 0 Å². The summed E-state index contributed by atoms with van der Waals surface area (Å²) in [5, 5.41) is 17.1. The molecule has 0 saturated carbocycles. The first kappa shape index (κ1) is 17.9. The second kappa shape index (κ2) is 7.24. The van der Waals surface area contributed by atoms with Crippen LogP contribution in [-0.4, -0.2) is 44.8 Å². The fourth-order valence-corrected chi connectivity index (χ4v) is 3.16. The zero-order valence-corrected chi connectivity index (χ0v) is 14.8. The normalized spacial score (nSPS) is 14.1. The molecule has 0 atom stereocenters. The fraction of sp³-hybridized carbons (Fsp3) is 0.150. The Balaban J connectivity index is 1.54. The van der Waals surface area contributed by atoms with Crippen LogP contribution in [0.15, 0.2) is 60.4 Å². The van der Waals surface area contributed by atoms with Crippen LogP contribution in [-0.2, 0) is 16.1 Å². The highest BCUT2D eigenvalue weighted by Crippen LogP contribution is 2.23. The van der Waals surface area contributed by atoms with Crippen LogP contribution in [0.1, 0.15) is 5.56 Å². The van der Waals surface area contributed by atoms with Crippen molar-refractivity contribution in [1.29, 1.82) is 0 Å². The van der Waals surface area contributed by atoms with E-state index in [9.17, 15) is 14.0 Å². The molecule has 0 fully saturated rings. The summed E-state index contributed by atoms with van der Waals surface area (Å²) < 4.78 is 15.1. The molecule has 4 rings (SSSR count). The zero-order chi connectivity index (χ0) is 19.7. The molecule has 28 heavy (non-hydrogen) atoms. The van der Waals surface area contributed by atoms with Gasteiger partial charge < -0.3 is 10.4 Å². The number of imide groups is 1. The molecule has 142 valence electrons. The van der Waals surface area contributed by atoms with E-state index >= 15 is 0 Å². The highest BCUT2D eigenvalue weighted by atomic mass is 19.1. The molecule has 2 amide bonds. The minimum Gasteiger partial charge on any atom is -0.395 e. The molecule has 1 aliphatic rings. The summed E-state index contributed by atoms with van der Waals surface area (Å²) in [5.74, 6) is -1.22. The highest BCUT2D eigenvalue weighted by molar-refractivity contribution is 6.17. The Morgan fingerprint density at radius 1 is 1.14 bits per heavy atom. The number of nitrogens with zero attached hydrogens (tertiary/aromatic N) is 3. The number of rotatable bonds is 6. The summed E-state index contributed by atoms with van der Waals surface area (Å²) in [6.07, 6.45) is 2.91. The van der Waals surface area contributed by atoms with Crippen molar-refractivity contribution in [3.63, 3.8) is 0 Å². The Morgan fingerprint density at radius 2 is 2.00 bits per heavy atom. The number of aliphatic hydroxyl groups excluding tert-OH is 1. The number of aliphatic hydroxyl groups is 1. The molecule has 2 N–H and O–H groups in total. The van der Waals surface area contributed by atoms with Gasteiger partial charge in [-0.2, -0.15) is 5.10 Å². The Bertz CT molecular complexity index is 1110. The second-order valence-electron chi connectivity index (χ2n) is 6.41. The lowest BCUT2D eigenvalue weighted by Gasteiger charge is -2.13. The maximum Gasteiger partial charge on any atom is 0.277 e. The van der Waals surface area contributed by atoms with Crippen LogP contribution in [0.4, 0.5) is 10.1 Å². The molecule has 0 bridgehead atoms. The predicted molar refractivity (Wildman–Crippen MR) is 101 cm³/mol. The average molecular weight is 380 g/mol. The van der Waals surface area contributed by atoms with E-state index in [1.807, 2.05) is 18.2 Å². The van der Waals surface area contributed by atoms with E-state index in [0.29, 0.717) is 12.2 Å². The van der Waals surface area contributed by atoms with Crippen molar-refractivity contribution in [2.75, 3.05) is 18.5 Å². The van der Waals surface area contributed by atoms with Crippen LogP contribution in [0, 0.1) is 5.82 Å². The zero-order valence-electron chi connectivity index (χ0n) is 14.8. The number of amides is 2. The van der Waals surface area contributed by atoms with Crippen molar-refractivity contribution in [3.8, 4) is 0 Å². The predicted octanol–water partition coefficient (Wildman–Crippen LogP) is 1.88. The molecule has 8 heteroatoms. The van der Waals surface area contributed by atoms with E-state index < -0.39 is 11.8 Å². The molecule has 3 aromatic rings. The lowest BCUT2D eigenvalue weighted by molar-refractivity contribution is -0.137. The standard InChI is InChI=1S/C20H17FN4O3/c21-15-3-1-2-13(8-15)12-25-18-5-4-16(9-14(18)11-22-25)23-17-10-19(27)24(6-7-26)20(17)28/h1-5,8-11,23,26H,6-7,12H2. The summed E-state index contributed by atoms with van der Waals surface area (Å²) in [6, 6.07) is 11.8. The molecule has 0 saturated heterocycles. The van der Waals surface area contributed by atoms with Crippen molar-refractivity contribution in [2.45, 2.75) is 6.54 Å². The quantitative estimate of drug-likeness (QED) is 0.638. The number of fused-ring (bicyclic) bond motifs is 1. The van der Waals surface area contributed by atoms with Gasteiger partial charge in [-0.1, -0.05) is 12.1 Å². The van der Waals surface area contributed by atoms with Crippen LogP contribution < -0.4 is 5.32 Å². The Hall–Kier alpha value is -3.52. The van der Waals surface area contributed by atoms with E-state index in [-0.39, 0.29) is 24.7 Å². The van der Waals surface area contributed by atoms with Crippen molar-refractivity contribution < 1.29 is 19.1 Å². The summed E-state index contributed by atoms with van der Waals surface area (Å²) in [4.78, 5) is 25.0. The van der Waals surface area contributed by atoms with Gasteiger partial charge in [-0.25, -0.2) is 4.39 Å². The smallest absolute Gasteiger partial charge is 0.277 e. The first-order valence-electron chi connectivity index (χ1n) is 8.70. The average Bonchev–Trinajstić information content (AvgIpc) is 3.18. The molecule has 2 heterocycles. The molecular weight excluding hydrogens is 363 g/mol. The molecule has 0 aliphatic carbocycles. The minimum atomic E-state index is -0.471. The number of hydrogen-bond donors (Lipinski definition) is 2. The van der Waals surface area contributed by atoms with Gasteiger partial charge in [0.1, 0.15) is 11.5 Å². The third-order valence-electron chi connectivity index (χ3n) is 4.48. The monoisotopic (exact) mass is 380 g/mol. The lowest BCUT2D eigenvalue weighted by atomic mass is 10.2. The van der Waals surface area contributed by atoms with Gasteiger partial charge in [0.15, 0.2) is 0 Å². The van der Waals surface area contributed by atoms with Gasteiger partial charge in [-0.3, -0.25) is 19.2 Å². The molecule has 2 aromatic carbocycles.